The van der Waals surface area contributed by atoms with Gasteiger partial charge in [-0.15, -0.1) is 0 Å². The summed E-state index contributed by atoms with van der Waals surface area (Å²) in [4.78, 5) is 0. The van der Waals surface area contributed by atoms with Gasteiger partial charge in [-0.1, -0.05) is 18.5 Å². The van der Waals surface area contributed by atoms with Gasteiger partial charge in [0.25, 0.3) is 0 Å². The second kappa shape index (κ2) is 5.34. The van der Waals surface area contributed by atoms with Crippen molar-refractivity contribution in [2.45, 2.75) is 32.2 Å². The van der Waals surface area contributed by atoms with Crippen molar-refractivity contribution in [3.8, 4) is 0 Å². The zero-order valence-corrected chi connectivity index (χ0v) is 10.7. The Hall–Kier alpha value is -0.640. The van der Waals surface area contributed by atoms with Crippen molar-refractivity contribution in [2.24, 2.45) is 17.7 Å². The van der Waals surface area contributed by atoms with Crippen LogP contribution in [0.25, 0.3) is 0 Å². The molecule has 0 bridgehead atoms. The van der Waals surface area contributed by atoms with Gasteiger partial charge in [0, 0.05) is 11.1 Å². The smallest absolute Gasteiger partial charge is 0.123 e. The number of hydrogen-bond donors (Lipinski definition) is 2. The average Bonchev–Trinajstić information content (AvgIpc) is 3.13. The normalized spacial score (nSPS) is 19.1. The summed E-state index contributed by atoms with van der Waals surface area (Å²) < 4.78 is 13.2. The number of nitrogens with one attached hydrogen (secondary N) is 1. The van der Waals surface area contributed by atoms with E-state index in [1.54, 1.807) is 6.07 Å². The van der Waals surface area contributed by atoms with Crippen molar-refractivity contribution in [3.63, 3.8) is 0 Å². The average molecular weight is 257 g/mol. The van der Waals surface area contributed by atoms with Gasteiger partial charge in [-0.3, -0.25) is 11.3 Å². The maximum Gasteiger partial charge on any atom is 0.123 e. The third-order valence-corrected chi connectivity index (χ3v) is 4.03. The first kappa shape index (κ1) is 12.8. The Balaban J connectivity index is 2.08. The quantitative estimate of drug-likeness (QED) is 0.628. The van der Waals surface area contributed by atoms with Gasteiger partial charge < -0.3 is 0 Å². The van der Waals surface area contributed by atoms with Gasteiger partial charge in [-0.25, -0.2) is 4.39 Å². The Morgan fingerprint density at radius 3 is 2.82 bits per heavy atom. The third kappa shape index (κ3) is 3.18. The van der Waals surface area contributed by atoms with Crippen LogP contribution < -0.4 is 11.3 Å². The first-order valence-corrected chi connectivity index (χ1v) is 6.39. The highest BCUT2D eigenvalue weighted by molar-refractivity contribution is 6.31. The molecule has 0 aromatic heterocycles. The maximum absolute atomic E-state index is 13.2. The highest BCUT2D eigenvalue weighted by Gasteiger charge is 2.33. The second-order valence-electron chi connectivity index (χ2n) is 4.91. The fraction of sp³-hybridized carbons (Fsp3) is 0.538. The van der Waals surface area contributed by atoms with Crippen LogP contribution in [-0.2, 0) is 6.42 Å². The summed E-state index contributed by atoms with van der Waals surface area (Å²) in [6.07, 6.45) is 3.22. The SMILES string of the molecule is CC(C1CC1)C(Cc1cc(F)ccc1Cl)NN. The lowest BCUT2D eigenvalue weighted by Gasteiger charge is -2.23. The molecule has 0 spiro atoms. The molecule has 1 aliphatic rings. The van der Waals surface area contributed by atoms with E-state index in [0.717, 1.165) is 11.5 Å². The molecular formula is C13H18ClFN2. The molecule has 1 fully saturated rings. The van der Waals surface area contributed by atoms with Crippen molar-refractivity contribution in [1.82, 2.24) is 5.43 Å². The largest absolute Gasteiger partial charge is 0.271 e. The van der Waals surface area contributed by atoms with Gasteiger partial charge in [0.05, 0.1) is 0 Å². The number of nitrogens with two attached hydrogens (primary N) is 1. The van der Waals surface area contributed by atoms with Crippen molar-refractivity contribution in [1.29, 1.82) is 0 Å². The van der Waals surface area contributed by atoms with Crippen LogP contribution in [0.1, 0.15) is 25.3 Å². The zero-order chi connectivity index (χ0) is 12.4. The molecule has 0 aliphatic heterocycles. The molecule has 4 heteroatoms. The van der Waals surface area contributed by atoms with E-state index in [1.165, 1.54) is 25.0 Å². The Labute approximate surface area is 106 Å². The summed E-state index contributed by atoms with van der Waals surface area (Å²) in [5.74, 6) is 6.59. The van der Waals surface area contributed by atoms with Gasteiger partial charge >= 0.3 is 0 Å². The molecule has 2 unspecified atom stereocenters. The third-order valence-electron chi connectivity index (χ3n) is 3.66. The highest BCUT2D eigenvalue weighted by atomic mass is 35.5. The predicted molar refractivity (Wildman–Crippen MR) is 68.1 cm³/mol. The van der Waals surface area contributed by atoms with Gasteiger partial charge in [0.15, 0.2) is 0 Å². The molecule has 1 aromatic rings. The molecule has 3 N–H and O–H groups in total. The topological polar surface area (TPSA) is 38.0 Å². The summed E-state index contributed by atoms with van der Waals surface area (Å²) in [5, 5.41) is 0.606. The molecule has 1 aliphatic carbocycles. The fourth-order valence-electron chi connectivity index (χ4n) is 2.28. The molecule has 1 saturated carbocycles. The van der Waals surface area contributed by atoms with Gasteiger partial charge in [-0.2, -0.15) is 0 Å². The second-order valence-corrected chi connectivity index (χ2v) is 5.32. The highest BCUT2D eigenvalue weighted by Crippen LogP contribution is 2.39. The minimum Gasteiger partial charge on any atom is -0.271 e. The van der Waals surface area contributed by atoms with Crippen LogP contribution in [-0.4, -0.2) is 6.04 Å². The lowest BCUT2D eigenvalue weighted by molar-refractivity contribution is 0.343. The lowest BCUT2D eigenvalue weighted by atomic mass is 9.91. The molecule has 17 heavy (non-hydrogen) atoms. The summed E-state index contributed by atoms with van der Waals surface area (Å²) in [7, 11) is 0. The van der Waals surface area contributed by atoms with Gasteiger partial charge in [0.1, 0.15) is 5.82 Å². The number of rotatable bonds is 5. The maximum atomic E-state index is 13.2. The van der Waals surface area contributed by atoms with Crippen molar-refractivity contribution in [3.05, 3.63) is 34.6 Å². The Kier molecular flexibility index (Phi) is 4.02. The summed E-state index contributed by atoms with van der Waals surface area (Å²) in [5.41, 5.74) is 3.66. The number of hydrogen-bond acceptors (Lipinski definition) is 2. The van der Waals surface area contributed by atoms with E-state index in [9.17, 15) is 4.39 Å². The van der Waals surface area contributed by atoms with Crippen LogP contribution in [0, 0.1) is 17.7 Å². The molecule has 0 heterocycles. The molecular weight excluding hydrogens is 239 g/mol. The van der Waals surface area contributed by atoms with Crippen LogP contribution in [0.3, 0.4) is 0 Å². The summed E-state index contributed by atoms with van der Waals surface area (Å²) >= 11 is 6.06. The van der Waals surface area contributed by atoms with E-state index in [-0.39, 0.29) is 11.9 Å². The molecule has 0 radical (unpaired) electrons. The van der Waals surface area contributed by atoms with Crippen LogP contribution in [0.4, 0.5) is 4.39 Å². The standard InChI is InChI=1S/C13H18ClFN2/c1-8(9-2-3-9)13(17-16)7-10-6-11(15)4-5-12(10)14/h4-6,8-9,13,17H,2-3,7,16H2,1H3. The monoisotopic (exact) mass is 256 g/mol. The number of hydrazine groups is 1. The Morgan fingerprint density at radius 1 is 1.53 bits per heavy atom. The van der Waals surface area contributed by atoms with E-state index in [4.69, 9.17) is 17.4 Å². The van der Waals surface area contributed by atoms with Crippen molar-refractivity contribution >= 4 is 11.6 Å². The fourth-order valence-corrected chi connectivity index (χ4v) is 2.48. The van der Waals surface area contributed by atoms with E-state index >= 15 is 0 Å². The minimum absolute atomic E-state index is 0.154. The number of halogens is 2. The molecule has 1 aromatic carbocycles. The minimum atomic E-state index is -0.251. The zero-order valence-electron chi connectivity index (χ0n) is 9.92. The number of benzene rings is 1. The predicted octanol–water partition coefficient (Wildman–Crippen LogP) is 2.90. The molecule has 2 rings (SSSR count). The summed E-state index contributed by atoms with van der Waals surface area (Å²) in [6, 6.07) is 4.62. The molecule has 94 valence electrons. The van der Waals surface area contributed by atoms with E-state index in [2.05, 4.69) is 12.3 Å². The Bertz CT molecular complexity index is 393. The van der Waals surface area contributed by atoms with Crippen molar-refractivity contribution in [2.75, 3.05) is 0 Å². The first-order chi connectivity index (χ1) is 8.11. The van der Waals surface area contributed by atoms with E-state index < -0.39 is 0 Å². The van der Waals surface area contributed by atoms with Crippen LogP contribution in [0.15, 0.2) is 18.2 Å². The molecule has 2 atom stereocenters. The van der Waals surface area contributed by atoms with Crippen LogP contribution in [0.2, 0.25) is 5.02 Å². The summed E-state index contributed by atoms with van der Waals surface area (Å²) in [6.45, 7) is 2.19. The van der Waals surface area contributed by atoms with E-state index in [0.29, 0.717) is 17.4 Å². The molecule has 0 saturated heterocycles. The first-order valence-electron chi connectivity index (χ1n) is 6.02. The van der Waals surface area contributed by atoms with Crippen molar-refractivity contribution < 1.29 is 4.39 Å². The van der Waals surface area contributed by atoms with Crippen LogP contribution >= 0.6 is 11.6 Å². The van der Waals surface area contributed by atoms with E-state index in [1.807, 2.05) is 0 Å². The Morgan fingerprint density at radius 2 is 2.24 bits per heavy atom. The van der Waals surface area contributed by atoms with Crippen LogP contribution in [0.5, 0.6) is 0 Å². The molecule has 2 nitrogen and oxygen atoms in total. The lowest BCUT2D eigenvalue weighted by Crippen LogP contribution is -2.42. The van der Waals surface area contributed by atoms with Gasteiger partial charge in [-0.05, 0) is 54.9 Å². The molecule has 0 amide bonds. The van der Waals surface area contributed by atoms with Gasteiger partial charge in [0.2, 0.25) is 0 Å².